The summed E-state index contributed by atoms with van der Waals surface area (Å²) in [7, 11) is 2.12. The molecule has 0 aromatic heterocycles. The summed E-state index contributed by atoms with van der Waals surface area (Å²) in [4.78, 5) is 4.56. The highest BCUT2D eigenvalue weighted by Gasteiger charge is 2.22. The fourth-order valence-corrected chi connectivity index (χ4v) is 2.66. The van der Waals surface area contributed by atoms with E-state index in [1.807, 2.05) is 18.2 Å². The Morgan fingerprint density at radius 3 is 2.26 bits per heavy atom. The quantitative estimate of drug-likeness (QED) is 0.892. The molecule has 0 bridgehead atoms. The van der Waals surface area contributed by atoms with Crippen LogP contribution in [0.15, 0.2) is 48.5 Å². The number of hydrogen-bond acceptors (Lipinski definition) is 3. The molecule has 1 heterocycles. The van der Waals surface area contributed by atoms with Crippen LogP contribution in [0.3, 0.4) is 0 Å². The van der Waals surface area contributed by atoms with Crippen LogP contribution in [0.5, 0.6) is 0 Å². The molecule has 2 aromatic carbocycles. The van der Waals surface area contributed by atoms with Crippen LogP contribution >= 0.6 is 0 Å². The number of para-hydroxylation sites is 3. The Balaban J connectivity index is 2.10. The predicted molar refractivity (Wildman–Crippen MR) is 79.1 cm³/mol. The molecule has 3 nitrogen and oxygen atoms in total. The van der Waals surface area contributed by atoms with Crippen LogP contribution in [0.25, 0.3) is 0 Å². The second-order valence-electron chi connectivity index (χ2n) is 4.85. The standard InChI is InChI=1S/C16H18N2O/c1-17-10-11-18(16-9-5-4-8-15(16)17)14-7-3-2-6-13(14)12-19/h2-9,19H,10-12H2,1H3. The van der Waals surface area contributed by atoms with Gasteiger partial charge in [-0.3, -0.25) is 0 Å². The smallest absolute Gasteiger partial charge is 0.0702 e. The minimum atomic E-state index is 0.0741. The van der Waals surface area contributed by atoms with E-state index in [-0.39, 0.29) is 6.61 Å². The minimum absolute atomic E-state index is 0.0741. The van der Waals surface area contributed by atoms with Crippen molar-refractivity contribution in [2.75, 3.05) is 29.9 Å². The summed E-state index contributed by atoms with van der Waals surface area (Å²) in [6.07, 6.45) is 0. The number of likely N-dealkylation sites (N-methyl/N-ethyl adjacent to an activating group) is 1. The molecule has 98 valence electrons. The van der Waals surface area contributed by atoms with Gasteiger partial charge in [0.2, 0.25) is 0 Å². The zero-order chi connectivity index (χ0) is 13.2. The van der Waals surface area contributed by atoms with Crippen molar-refractivity contribution in [3.8, 4) is 0 Å². The van der Waals surface area contributed by atoms with Gasteiger partial charge >= 0.3 is 0 Å². The summed E-state index contributed by atoms with van der Waals surface area (Å²) >= 11 is 0. The number of rotatable bonds is 2. The Labute approximate surface area is 113 Å². The molecule has 1 aliphatic rings. The van der Waals surface area contributed by atoms with Gasteiger partial charge in [-0.2, -0.15) is 0 Å². The summed E-state index contributed by atoms with van der Waals surface area (Å²) in [6, 6.07) is 16.5. The van der Waals surface area contributed by atoms with Crippen molar-refractivity contribution >= 4 is 17.1 Å². The van der Waals surface area contributed by atoms with Gasteiger partial charge in [0.1, 0.15) is 0 Å². The molecule has 0 spiro atoms. The number of aliphatic hydroxyl groups is 1. The van der Waals surface area contributed by atoms with Crippen LogP contribution < -0.4 is 9.80 Å². The second-order valence-corrected chi connectivity index (χ2v) is 4.85. The molecule has 0 saturated carbocycles. The predicted octanol–water partition coefficient (Wildman–Crippen LogP) is 2.77. The number of aliphatic hydroxyl groups excluding tert-OH is 1. The van der Waals surface area contributed by atoms with Crippen LogP contribution in [0.2, 0.25) is 0 Å². The number of benzene rings is 2. The Bertz CT molecular complexity index is 582. The van der Waals surface area contributed by atoms with Crippen LogP contribution in [0.1, 0.15) is 5.56 Å². The maximum atomic E-state index is 9.51. The van der Waals surface area contributed by atoms with Crippen molar-refractivity contribution < 1.29 is 5.11 Å². The fourth-order valence-electron chi connectivity index (χ4n) is 2.66. The molecule has 2 aromatic rings. The van der Waals surface area contributed by atoms with Gasteiger partial charge in [-0.05, 0) is 18.2 Å². The van der Waals surface area contributed by atoms with Gasteiger partial charge in [-0.1, -0.05) is 30.3 Å². The van der Waals surface area contributed by atoms with Gasteiger partial charge < -0.3 is 14.9 Å². The van der Waals surface area contributed by atoms with Crippen LogP contribution in [0.4, 0.5) is 17.1 Å². The van der Waals surface area contributed by atoms with Gasteiger partial charge in [0.15, 0.2) is 0 Å². The summed E-state index contributed by atoms with van der Waals surface area (Å²) in [6.45, 7) is 1.99. The molecule has 0 aliphatic carbocycles. The van der Waals surface area contributed by atoms with Crippen molar-refractivity contribution in [1.82, 2.24) is 0 Å². The molecular formula is C16H18N2O. The van der Waals surface area contributed by atoms with E-state index in [0.29, 0.717) is 0 Å². The average molecular weight is 254 g/mol. The van der Waals surface area contributed by atoms with Gasteiger partial charge in [0.05, 0.1) is 18.0 Å². The van der Waals surface area contributed by atoms with E-state index >= 15 is 0 Å². The van der Waals surface area contributed by atoms with Crippen molar-refractivity contribution in [2.45, 2.75) is 6.61 Å². The van der Waals surface area contributed by atoms with Crippen molar-refractivity contribution in [3.63, 3.8) is 0 Å². The lowest BCUT2D eigenvalue weighted by Gasteiger charge is -2.37. The summed E-state index contributed by atoms with van der Waals surface area (Å²) in [5.41, 5.74) is 4.52. The average Bonchev–Trinajstić information content (AvgIpc) is 2.48. The first-order valence-electron chi connectivity index (χ1n) is 6.57. The molecule has 0 saturated heterocycles. The highest BCUT2D eigenvalue weighted by Crippen LogP contribution is 2.37. The molecule has 3 heteroatoms. The largest absolute Gasteiger partial charge is 0.392 e. The molecule has 0 amide bonds. The molecule has 1 aliphatic heterocycles. The normalized spacial score (nSPS) is 14.4. The van der Waals surface area contributed by atoms with E-state index in [2.05, 4.69) is 47.2 Å². The highest BCUT2D eigenvalue weighted by atomic mass is 16.3. The third kappa shape index (κ3) is 2.06. The minimum Gasteiger partial charge on any atom is -0.392 e. The van der Waals surface area contributed by atoms with Crippen molar-refractivity contribution in [1.29, 1.82) is 0 Å². The SMILES string of the molecule is CN1CCN(c2ccccc2CO)c2ccccc21. The first-order valence-corrected chi connectivity index (χ1v) is 6.57. The zero-order valence-electron chi connectivity index (χ0n) is 11.1. The molecular weight excluding hydrogens is 236 g/mol. The highest BCUT2D eigenvalue weighted by molar-refractivity contribution is 5.80. The summed E-state index contributed by atoms with van der Waals surface area (Å²) in [5.74, 6) is 0. The summed E-state index contributed by atoms with van der Waals surface area (Å²) < 4.78 is 0. The van der Waals surface area contributed by atoms with Gasteiger partial charge in [0, 0.05) is 31.4 Å². The molecule has 0 fully saturated rings. The lowest BCUT2D eigenvalue weighted by Crippen LogP contribution is -2.36. The molecule has 1 N–H and O–H groups in total. The molecule has 0 unspecified atom stereocenters. The fraction of sp³-hybridized carbons (Fsp3) is 0.250. The van der Waals surface area contributed by atoms with Crippen LogP contribution in [-0.2, 0) is 6.61 Å². The molecule has 0 atom stereocenters. The lowest BCUT2D eigenvalue weighted by atomic mass is 10.1. The molecule has 19 heavy (non-hydrogen) atoms. The Morgan fingerprint density at radius 2 is 1.53 bits per heavy atom. The van der Waals surface area contributed by atoms with Crippen molar-refractivity contribution in [2.24, 2.45) is 0 Å². The van der Waals surface area contributed by atoms with Gasteiger partial charge in [-0.25, -0.2) is 0 Å². The number of nitrogens with zero attached hydrogens (tertiary/aromatic N) is 2. The van der Waals surface area contributed by atoms with Crippen LogP contribution in [0, 0.1) is 0 Å². The topological polar surface area (TPSA) is 26.7 Å². The first kappa shape index (κ1) is 12.1. The number of fused-ring (bicyclic) bond motifs is 1. The number of anilines is 3. The van der Waals surface area contributed by atoms with E-state index in [0.717, 1.165) is 24.3 Å². The summed E-state index contributed by atoms with van der Waals surface area (Å²) in [5, 5.41) is 9.51. The van der Waals surface area contributed by atoms with E-state index < -0.39 is 0 Å². The third-order valence-electron chi connectivity index (χ3n) is 3.70. The van der Waals surface area contributed by atoms with E-state index in [9.17, 15) is 5.11 Å². The van der Waals surface area contributed by atoms with E-state index in [1.165, 1.54) is 11.4 Å². The van der Waals surface area contributed by atoms with Crippen LogP contribution in [-0.4, -0.2) is 25.2 Å². The van der Waals surface area contributed by atoms with Gasteiger partial charge in [0.25, 0.3) is 0 Å². The lowest BCUT2D eigenvalue weighted by molar-refractivity contribution is 0.282. The monoisotopic (exact) mass is 254 g/mol. The Hall–Kier alpha value is -2.00. The van der Waals surface area contributed by atoms with Crippen molar-refractivity contribution in [3.05, 3.63) is 54.1 Å². The molecule has 0 radical (unpaired) electrons. The van der Waals surface area contributed by atoms with Gasteiger partial charge in [-0.15, -0.1) is 0 Å². The zero-order valence-corrected chi connectivity index (χ0v) is 11.1. The first-order chi connectivity index (χ1) is 9.31. The Morgan fingerprint density at radius 1 is 0.895 bits per heavy atom. The maximum Gasteiger partial charge on any atom is 0.0702 e. The third-order valence-corrected chi connectivity index (χ3v) is 3.70. The van der Waals surface area contributed by atoms with E-state index in [1.54, 1.807) is 0 Å². The maximum absolute atomic E-state index is 9.51. The van der Waals surface area contributed by atoms with E-state index in [4.69, 9.17) is 0 Å². The second kappa shape index (κ2) is 4.94. The number of hydrogen-bond donors (Lipinski definition) is 1. The Kier molecular flexibility index (Phi) is 3.13. The molecule has 3 rings (SSSR count).